The molecule has 1 fully saturated rings. The molecule has 3 rings (SSSR count). The van der Waals surface area contributed by atoms with Crippen LogP contribution in [0.15, 0.2) is 53.7 Å². The van der Waals surface area contributed by atoms with Crippen LogP contribution in [0.5, 0.6) is 0 Å². The molecule has 1 saturated heterocycles. The van der Waals surface area contributed by atoms with E-state index in [1.807, 2.05) is 39.0 Å². The van der Waals surface area contributed by atoms with Crippen molar-refractivity contribution in [3.8, 4) is 0 Å². The van der Waals surface area contributed by atoms with Crippen LogP contribution in [0.2, 0.25) is 0 Å². The van der Waals surface area contributed by atoms with Crippen LogP contribution in [0.1, 0.15) is 39.2 Å². The average Bonchev–Trinajstić information content (AvgIpc) is 2.64. The molecule has 0 spiro atoms. The number of aryl methyl sites for hydroxylation is 1. The summed E-state index contributed by atoms with van der Waals surface area (Å²) in [6.45, 7) is 10.8. The predicted molar refractivity (Wildman–Crippen MR) is 114 cm³/mol. The lowest BCUT2D eigenvalue weighted by atomic mass is 9.96. The van der Waals surface area contributed by atoms with Crippen molar-refractivity contribution in [2.24, 2.45) is 5.92 Å². The van der Waals surface area contributed by atoms with Gasteiger partial charge in [0.25, 0.3) is 10.0 Å². The fraction of sp³-hybridized carbons (Fsp3) is 0.500. The molecule has 1 aliphatic rings. The van der Waals surface area contributed by atoms with Gasteiger partial charge in [-0.15, -0.1) is 0 Å². The van der Waals surface area contributed by atoms with Crippen LogP contribution in [0, 0.1) is 12.8 Å². The molecule has 2 heterocycles. The lowest BCUT2D eigenvalue weighted by molar-refractivity contribution is 0.165. The quantitative estimate of drug-likeness (QED) is 0.731. The van der Waals surface area contributed by atoms with E-state index in [1.165, 1.54) is 0 Å². The van der Waals surface area contributed by atoms with E-state index < -0.39 is 15.6 Å². The van der Waals surface area contributed by atoms with Gasteiger partial charge in [0, 0.05) is 12.7 Å². The number of likely N-dealkylation sites (tertiary alicyclic amines) is 1. The van der Waals surface area contributed by atoms with Gasteiger partial charge in [0.15, 0.2) is 0 Å². The Labute approximate surface area is 169 Å². The molecule has 0 atom stereocenters. The van der Waals surface area contributed by atoms with Gasteiger partial charge in [0.1, 0.15) is 0 Å². The number of hydrogen-bond acceptors (Lipinski definition) is 4. The Kier molecular flexibility index (Phi) is 6.10. The van der Waals surface area contributed by atoms with Crippen molar-refractivity contribution < 1.29 is 8.42 Å². The Hall–Kier alpha value is -1.92. The van der Waals surface area contributed by atoms with Crippen molar-refractivity contribution in [3.63, 3.8) is 0 Å². The zero-order chi connectivity index (χ0) is 20.4. The molecule has 0 saturated carbocycles. The van der Waals surface area contributed by atoms with Crippen LogP contribution in [0.4, 0.5) is 5.69 Å². The van der Waals surface area contributed by atoms with Crippen molar-refractivity contribution in [1.82, 2.24) is 9.88 Å². The van der Waals surface area contributed by atoms with E-state index in [0.717, 1.165) is 37.4 Å². The lowest BCUT2D eigenvalue weighted by Gasteiger charge is -2.43. The third-order valence-corrected chi connectivity index (χ3v) is 7.73. The number of rotatable bonds is 6. The minimum atomic E-state index is -3.74. The van der Waals surface area contributed by atoms with Crippen molar-refractivity contribution in [1.29, 1.82) is 0 Å². The second-order valence-electron chi connectivity index (χ2n) is 8.52. The number of nitrogens with zero attached hydrogens (tertiary/aromatic N) is 3. The molecule has 1 aromatic heterocycles. The van der Waals surface area contributed by atoms with Gasteiger partial charge in [-0.25, -0.2) is 8.42 Å². The minimum absolute atomic E-state index is 0.346. The second-order valence-corrected chi connectivity index (χ2v) is 10.3. The summed E-state index contributed by atoms with van der Waals surface area (Å²) in [5.41, 5.74) is 0.727. The molecule has 5 nitrogen and oxygen atoms in total. The van der Waals surface area contributed by atoms with Crippen molar-refractivity contribution in [2.75, 3.05) is 23.9 Å². The van der Waals surface area contributed by atoms with E-state index in [2.05, 4.69) is 16.8 Å². The number of anilines is 1. The summed E-state index contributed by atoms with van der Waals surface area (Å²) in [4.78, 5) is 6.92. The summed E-state index contributed by atoms with van der Waals surface area (Å²) in [5, 5.41) is 0. The second kappa shape index (κ2) is 8.21. The van der Waals surface area contributed by atoms with Gasteiger partial charge in [-0.3, -0.25) is 9.29 Å². The van der Waals surface area contributed by atoms with Crippen molar-refractivity contribution >= 4 is 15.7 Å². The topological polar surface area (TPSA) is 53.5 Å². The highest BCUT2D eigenvalue weighted by Gasteiger charge is 2.39. The van der Waals surface area contributed by atoms with Gasteiger partial charge in [-0.05, 0) is 76.4 Å². The Bertz CT molecular complexity index is 889. The number of pyridine rings is 1. The van der Waals surface area contributed by atoms with Gasteiger partial charge >= 0.3 is 0 Å². The molecule has 1 aliphatic heterocycles. The molecule has 0 bridgehead atoms. The van der Waals surface area contributed by atoms with E-state index >= 15 is 0 Å². The maximum atomic E-state index is 13.8. The van der Waals surface area contributed by atoms with Gasteiger partial charge < -0.3 is 4.90 Å². The van der Waals surface area contributed by atoms with Crippen molar-refractivity contribution in [3.05, 3.63) is 54.4 Å². The first-order valence-electron chi connectivity index (χ1n) is 9.95. The van der Waals surface area contributed by atoms with Gasteiger partial charge in [0.2, 0.25) is 0 Å². The number of aromatic nitrogens is 1. The van der Waals surface area contributed by atoms with Crippen LogP contribution in [0.25, 0.3) is 0 Å². The average molecular weight is 402 g/mol. The fourth-order valence-corrected chi connectivity index (χ4v) is 6.08. The number of sulfonamides is 1. The Balaban J connectivity index is 2.01. The normalized spacial score (nSPS) is 16.9. The third kappa shape index (κ3) is 4.39. The van der Waals surface area contributed by atoms with Crippen LogP contribution in [-0.2, 0) is 10.0 Å². The molecule has 0 aliphatic carbocycles. The van der Waals surface area contributed by atoms with Gasteiger partial charge in [-0.1, -0.05) is 25.1 Å². The molecular formula is C22H31N3O2S. The predicted octanol–water partition coefficient (Wildman–Crippen LogP) is 4.10. The van der Waals surface area contributed by atoms with Gasteiger partial charge in [-0.2, -0.15) is 0 Å². The maximum Gasteiger partial charge on any atom is 0.265 e. The summed E-state index contributed by atoms with van der Waals surface area (Å²) < 4.78 is 29.1. The first-order chi connectivity index (χ1) is 13.2. The van der Waals surface area contributed by atoms with E-state index in [0.29, 0.717) is 17.1 Å². The number of benzene rings is 1. The lowest BCUT2D eigenvalue weighted by Crippen LogP contribution is -2.55. The van der Waals surface area contributed by atoms with Crippen molar-refractivity contribution in [2.45, 2.75) is 51.0 Å². The van der Waals surface area contributed by atoms with Crippen LogP contribution < -0.4 is 4.31 Å². The third-order valence-electron chi connectivity index (χ3n) is 5.53. The zero-order valence-corrected chi connectivity index (χ0v) is 18.1. The zero-order valence-electron chi connectivity index (χ0n) is 17.3. The molecule has 1 aromatic carbocycles. The summed E-state index contributed by atoms with van der Waals surface area (Å²) >= 11 is 0. The summed E-state index contributed by atoms with van der Waals surface area (Å²) in [7, 11) is -3.74. The number of hydrogen-bond donors (Lipinski definition) is 0. The van der Waals surface area contributed by atoms with E-state index in [4.69, 9.17) is 0 Å². The highest BCUT2D eigenvalue weighted by Crippen LogP contribution is 2.33. The highest BCUT2D eigenvalue weighted by atomic mass is 32.2. The summed E-state index contributed by atoms with van der Waals surface area (Å²) in [6, 6.07) is 10.8. The molecule has 2 aromatic rings. The summed E-state index contributed by atoms with van der Waals surface area (Å²) in [5.74, 6) is 0.740. The van der Waals surface area contributed by atoms with Crippen LogP contribution >= 0.6 is 0 Å². The molecule has 0 radical (unpaired) electrons. The summed E-state index contributed by atoms with van der Waals surface area (Å²) in [6.07, 6.45) is 5.62. The molecule has 0 N–H and O–H groups in total. The first kappa shape index (κ1) is 20.8. The first-order valence-corrected chi connectivity index (χ1v) is 11.4. The van der Waals surface area contributed by atoms with Gasteiger partial charge in [0.05, 0.1) is 22.3 Å². The largest absolute Gasteiger partial charge is 0.301 e. The monoisotopic (exact) mass is 401 g/mol. The Morgan fingerprint density at radius 1 is 1.14 bits per heavy atom. The van der Waals surface area contributed by atoms with Crippen LogP contribution in [-0.4, -0.2) is 43.5 Å². The Morgan fingerprint density at radius 2 is 1.82 bits per heavy atom. The van der Waals surface area contributed by atoms with E-state index in [9.17, 15) is 8.42 Å². The molecule has 6 heteroatoms. The highest BCUT2D eigenvalue weighted by molar-refractivity contribution is 7.93. The van der Waals surface area contributed by atoms with E-state index in [1.54, 1.807) is 34.9 Å². The molecule has 152 valence electrons. The molecular weight excluding hydrogens is 370 g/mol. The van der Waals surface area contributed by atoms with Crippen LogP contribution in [0.3, 0.4) is 0 Å². The molecule has 28 heavy (non-hydrogen) atoms. The number of piperidine rings is 1. The standard InChI is InChI=1S/C22H31N3O2S/c1-18-11-14-24(15-12-18)17-22(3,4)25(20-9-7-13-23-16-20)28(26,27)21-10-6-5-8-19(21)2/h5-10,13,16,18H,11-12,14-15,17H2,1-4H3. The molecule has 0 amide bonds. The fourth-order valence-electron chi connectivity index (χ4n) is 4.06. The smallest absolute Gasteiger partial charge is 0.265 e. The molecule has 0 unspecified atom stereocenters. The maximum absolute atomic E-state index is 13.8. The SMILES string of the molecule is Cc1ccccc1S(=O)(=O)N(c1cccnc1)C(C)(C)CN1CCC(C)CC1. The van der Waals surface area contributed by atoms with E-state index in [-0.39, 0.29) is 0 Å². The minimum Gasteiger partial charge on any atom is -0.301 e. The Morgan fingerprint density at radius 3 is 2.43 bits per heavy atom.